The van der Waals surface area contributed by atoms with Crippen molar-refractivity contribution in [1.29, 1.82) is 0 Å². The molecule has 0 aromatic carbocycles. The van der Waals surface area contributed by atoms with Crippen LogP contribution < -0.4 is 5.32 Å². The van der Waals surface area contributed by atoms with Gasteiger partial charge < -0.3 is 5.32 Å². The Kier molecular flexibility index (Phi) is 3.50. The van der Waals surface area contributed by atoms with Crippen molar-refractivity contribution in [3.8, 4) is 0 Å². The van der Waals surface area contributed by atoms with Crippen LogP contribution in [0.1, 0.15) is 36.7 Å². The molecule has 1 saturated carbocycles. The van der Waals surface area contributed by atoms with Crippen molar-refractivity contribution < 1.29 is 0 Å². The molecule has 2 heterocycles. The second-order valence-corrected chi connectivity index (χ2v) is 6.89. The third kappa shape index (κ3) is 2.60. The fraction of sp³-hybridized carbons (Fsp3) is 0.750. The first-order valence-corrected chi connectivity index (χ1v) is 8.20. The highest BCUT2D eigenvalue weighted by atomic mass is 32.2. The van der Waals surface area contributed by atoms with Crippen molar-refractivity contribution in [2.45, 2.75) is 37.8 Å². The predicted molar refractivity (Wildman–Crippen MR) is 71.1 cm³/mol. The number of nitrogens with zero attached hydrogens (tertiary/aromatic N) is 1. The van der Waals surface area contributed by atoms with E-state index >= 15 is 0 Å². The molecular formula is C12H18N2S2. The molecule has 1 aliphatic heterocycles. The lowest BCUT2D eigenvalue weighted by Crippen LogP contribution is -2.36. The van der Waals surface area contributed by atoms with Gasteiger partial charge in [-0.3, -0.25) is 0 Å². The van der Waals surface area contributed by atoms with Crippen LogP contribution in [0.3, 0.4) is 0 Å². The van der Waals surface area contributed by atoms with Gasteiger partial charge in [-0.25, -0.2) is 4.98 Å². The van der Waals surface area contributed by atoms with Crippen molar-refractivity contribution in [3.05, 3.63) is 16.6 Å². The Hall–Kier alpha value is -0.0600. The van der Waals surface area contributed by atoms with Gasteiger partial charge in [0.25, 0.3) is 0 Å². The molecule has 1 saturated heterocycles. The van der Waals surface area contributed by atoms with Crippen molar-refractivity contribution >= 4 is 23.1 Å². The lowest BCUT2D eigenvalue weighted by atomic mass is 10.1. The minimum absolute atomic E-state index is 0.549. The van der Waals surface area contributed by atoms with Crippen LogP contribution in [0.4, 0.5) is 0 Å². The first kappa shape index (κ1) is 11.1. The fourth-order valence-corrected chi connectivity index (χ4v) is 4.24. The van der Waals surface area contributed by atoms with E-state index in [4.69, 9.17) is 0 Å². The molecular weight excluding hydrogens is 236 g/mol. The molecule has 2 aliphatic rings. The zero-order valence-electron chi connectivity index (χ0n) is 9.39. The van der Waals surface area contributed by atoms with Crippen LogP contribution in [0.15, 0.2) is 11.6 Å². The molecule has 1 unspecified atom stereocenters. The zero-order chi connectivity index (χ0) is 10.8. The van der Waals surface area contributed by atoms with Crippen molar-refractivity contribution in [1.82, 2.24) is 10.3 Å². The summed E-state index contributed by atoms with van der Waals surface area (Å²) in [6.45, 7) is 0. The molecule has 0 spiro atoms. The van der Waals surface area contributed by atoms with Crippen molar-refractivity contribution in [3.63, 3.8) is 0 Å². The van der Waals surface area contributed by atoms with Crippen LogP contribution in [0, 0.1) is 5.92 Å². The van der Waals surface area contributed by atoms with Crippen LogP contribution >= 0.6 is 23.1 Å². The molecule has 1 aromatic heterocycles. The van der Waals surface area contributed by atoms with Gasteiger partial charge in [0.1, 0.15) is 5.01 Å². The zero-order valence-corrected chi connectivity index (χ0v) is 11.0. The first-order chi connectivity index (χ1) is 7.93. The number of hydrogen-bond acceptors (Lipinski definition) is 4. The molecule has 2 fully saturated rings. The van der Waals surface area contributed by atoms with E-state index in [-0.39, 0.29) is 0 Å². The molecule has 1 N–H and O–H groups in total. The largest absolute Gasteiger partial charge is 0.305 e. The summed E-state index contributed by atoms with van der Waals surface area (Å²) in [6, 6.07) is 1.28. The SMILES string of the molecule is c1csc(C(NC2CCSCC2)C2CC2)n1. The summed E-state index contributed by atoms with van der Waals surface area (Å²) in [5.74, 6) is 3.51. The normalized spacial score (nSPS) is 24.5. The van der Waals surface area contributed by atoms with Crippen molar-refractivity contribution in [2.75, 3.05) is 11.5 Å². The van der Waals surface area contributed by atoms with Gasteiger partial charge in [0.15, 0.2) is 0 Å². The van der Waals surface area contributed by atoms with Gasteiger partial charge in [0.05, 0.1) is 6.04 Å². The first-order valence-electron chi connectivity index (χ1n) is 6.16. The van der Waals surface area contributed by atoms with Gasteiger partial charge in [-0.15, -0.1) is 11.3 Å². The van der Waals surface area contributed by atoms with Crippen LogP contribution in [-0.4, -0.2) is 22.5 Å². The molecule has 1 aliphatic carbocycles. The van der Waals surface area contributed by atoms with Crippen LogP contribution in [-0.2, 0) is 0 Å². The van der Waals surface area contributed by atoms with E-state index in [1.54, 1.807) is 0 Å². The summed E-state index contributed by atoms with van der Waals surface area (Å²) in [5, 5.41) is 7.26. The molecule has 1 aromatic rings. The Balaban J connectivity index is 1.64. The molecule has 0 bridgehead atoms. The van der Waals surface area contributed by atoms with Gasteiger partial charge >= 0.3 is 0 Å². The van der Waals surface area contributed by atoms with E-state index in [1.807, 2.05) is 17.5 Å². The number of thiazole rings is 1. The lowest BCUT2D eigenvalue weighted by Gasteiger charge is -2.27. The third-order valence-electron chi connectivity index (χ3n) is 3.45. The summed E-state index contributed by atoms with van der Waals surface area (Å²) < 4.78 is 0. The fourth-order valence-electron chi connectivity index (χ4n) is 2.34. The standard InChI is InChI=1S/C12H18N2S2/c1-2-9(1)11(12-13-5-8-16-12)14-10-3-6-15-7-4-10/h5,8-11,14H,1-4,6-7H2. The highest BCUT2D eigenvalue weighted by Gasteiger charge is 2.35. The Morgan fingerprint density at radius 3 is 2.69 bits per heavy atom. The second kappa shape index (κ2) is 5.07. The van der Waals surface area contributed by atoms with E-state index in [0.717, 1.165) is 12.0 Å². The maximum Gasteiger partial charge on any atom is 0.110 e. The summed E-state index contributed by atoms with van der Waals surface area (Å²) >= 11 is 3.90. The third-order valence-corrected chi connectivity index (χ3v) is 5.35. The molecule has 4 heteroatoms. The number of aromatic nitrogens is 1. The van der Waals surface area contributed by atoms with E-state index in [9.17, 15) is 0 Å². The molecule has 88 valence electrons. The highest BCUT2D eigenvalue weighted by molar-refractivity contribution is 7.99. The number of rotatable bonds is 4. The number of nitrogens with one attached hydrogen (secondary N) is 1. The lowest BCUT2D eigenvalue weighted by molar-refractivity contribution is 0.384. The Morgan fingerprint density at radius 1 is 1.25 bits per heavy atom. The van der Waals surface area contributed by atoms with Crippen LogP contribution in [0.2, 0.25) is 0 Å². The molecule has 16 heavy (non-hydrogen) atoms. The van der Waals surface area contributed by atoms with E-state index in [1.165, 1.54) is 42.2 Å². The minimum Gasteiger partial charge on any atom is -0.305 e. The van der Waals surface area contributed by atoms with Crippen LogP contribution in [0.5, 0.6) is 0 Å². The van der Waals surface area contributed by atoms with Crippen molar-refractivity contribution in [2.24, 2.45) is 5.92 Å². The molecule has 1 atom stereocenters. The quantitative estimate of drug-likeness (QED) is 0.894. The second-order valence-electron chi connectivity index (χ2n) is 4.74. The summed E-state index contributed by atoms with van der Waals surface area (Å²) in [7, 11) is 0. The van der Waals surface area contributed by atoms with Gasteiger partial charge in [-0.2, -0.15) is 11.8 Å². The molecule has 0 radical (unpaired) electrons. The van der Waals surface area contributed by atoms with Gasteiger partial charge in [-0.1, -0.05) is 0 Å². The monoisotopic (exact) mass is 254 g/mol. The highest BCUT2D eigenvalue weighted by Crippen LogP contribution is 2.42. The Morgan fingerprint density at radius 2 is 2.06 bits per heavy atom. The summed E-state index contributed by atoms with van der Waals surface area (Å²) in [5.41, 5.74) is 0. The average Bonchev–Trinajstić information content (AvgIpc) is 3.02. The Bertz CT molecular complexity index is 316. The van der Waals surface area contributed by atoms with Gasteiger partial charge in [0.2, 0.25) is 0 Å². The molecule has 2 nitrogen and oxygen atoms in total. The number of hydrogen-bond donors (Lipinski definition) is 1. The summed E-state index contributed by atoms with van der Waals surface area (Å²) in [4.78, 5) is 4.49. The molecule has 3 rings (SSSR count). The Labute approximate surface area is 105 Å². The molecule has 0 amide bonds. The average molecular weight is 254 g/mol. The van der Waals surface area contributed by atoms with E-state index < -0.39 is 0 Å². The van der Waals surface area contributed by atoms with Gasteiger partial charge in [-0.05, 0) is 43.1 Å². The summed E-state index contributed by atoms with van der Waals surface area (Å²) in [6.07, 6.45) is 7.38. The predicted octanol–water partition coefficient (Wildman–Crippen LogP) is 3.08. The van der Waals surface area contributed by atoms with E-state index in [0.29, 0.717) is 6.04 Å². The van der Waals surface area contributed by atoms with Gasteiger partial charge in [0, 0.05) is 17.6 Å². The maximum absolute atomic E-state index is 4.49. The van der Waals surface area contributed by atoms with E-state index in [2.05, 4.69) is 27.4 Å². The smallest absolute Gasteiger partial charge is 0.110 e. The number of thioether (sulfide) groups is 1. The minimum atomic E-state index is 0.549. The maximum atomic E-state index is 4.49. The van der Waals surface area contributed by atoms with Crippen LogP contribution in [0.25, 0.3) is 0 Å². The topological polar surface area (TPSA) is 24.9 Å².